The summed E-state index contributed by atoms with van der Waals surface area (Å²) in [6.07, 6.45) is 7.75. The van der Waals surface area contributed by atoms with Crippen LogP contribution in [0.15, 0.2) is 79.1 Å². The molecule has 0 radical (unpaired) electrons. The molecule has 5 rings (SSSR count). The lowest BCUT2D eigenvalue weighted by Gasteiger charge is -2.27. The molecule has 0 spiro atoms. The van der Waals surface area contributed by atoms with Gasteiger partial charge >= 0.3 is 0 Å². The van der Waals surface area contributed by atoms with Gasteiger partial charge in [-0.2, -0.15) is 0 Å². The third-order valence-electron chi connectivity index (χ3n) is 7.75. The molecule has 6 nitrogen and oxygen atoms in total. The standard InChI is InChI=1S/C35H39N3O3/c1-35(2,3)38-34(41)29-13-7-6-11-26(29)21-32(39)31(20-23-15-16-24-9-4-5-10-25(24)19-23)37-33(40)30-14-8-12-27-22-36-18-17-28(27)30/h6-8,11-19,22,31-32,39H,4-5,9-10,20-21H2,1-3H3,(H,37,40)(H,38,41)/t31-,32+/m0/s1. The summed E-state index contributed by atoms with van der Waals surface area (Å²) in [5.74, 6) is -0.428. The van der Waals surface area contributed by atoms with Gasteiger partial charge in [0.2, 0.25) is 0 Å². The number of fused-ring (bicyclic) bond motifs is 2. The van der Waals surface area contributed by atoms with Crippen molar-refractivity contribution in [3.05, 3.63) is 113 Å². The second kappa shape index (κ2) is 12.2. The van der Waals surface area contributed by atoms with Crippen molar-refractivity contribution >= 4 is 22.6 Å². The molecule has 3 N–H and O–H groups in total. The number of rotatable bonds is 8. The molecule has 0 bridgehead atoms. The van der Waals surface area contributed by atoms with Crippen molar-refractivity contribution in [2.75, 3.05) is 0 Å². The Kier molecular flexibility index (Phi) is 8.50. The number of aliphatic hydroxyl groups excluding tert-OH is 1. The number of carbonyl (C=O) groups is 2. The second-order valence-corrected chi connectivity index (χ2v) is 12.1. The normalized spacial score (nSPS) is 14.6. The Labute approximate surface area is 242 Å². The van der Waals surface area contributed by atoms with Crippen LogP contribution in [0.4, 0.5) is 0 Å². The van der Waals surface area contributed by atoms with E-state index in [1.54, 1.807) is 24.5 Å². The molecular formula is C35H39N3O3. The van der Waals surface area contributed by atoms with Gasteiger partial charge in [0.05, 0.1) is 12.1 Å². The quantitative estimate of drug-likeness (QED) is 0.267. The van der Waals surface area contributed by atoms with Gasteiger partial charge in [0.1, 0.15) is 0 Å². The third-order valence-corrected chi connectivity index (χ3v) is 7.75. The van der Waals surface area contributed by atoms with Crippen molar-refractivity contribution < 1.29 is 14.7 Å². The zero-order valence-electron chi connectivity index (χ0n) is 24.1. The Morgan fingerprint density at radius 1 is 0.878 bits per heavy atom. The molecule has 2 atom stereocenters. The SMILES string of the molecule is CC(C)(C)NC(=O)c1ccccc1C[C@@H](O)[C@H](Cc1ccc2c(c1)CCCC2)NC(=O)c1cccc2cnccc12. The molecule has 1 aliphatic rings. The summed E-state index contributed by atoms with van der Waals surface area (Å²) in [7, 11) is 0. The minimum absolute atomic E-state index is 0.181. The zero-order chi connectivity index (χ0) is 29.0. The number of amides is 2. The van der Waals surface area contributed by atoms with Crippen LogP contribution in [0.1, 0.15) is 76.6 Å². The van der Waals surface area contributed by atoms with Gasteiger partial charge < -0.3 is 15.7 Å². The molecule has 2 amide bonds. The fraction of sp³-hybridized carbons (Fsp3) is 0.343. The Bertz CT molecular complexity index is 1550. The Balaban J connectivity index is 1.43. The van der Waals surface area contributed by atoms with Crippen LogP contribution >= 0.6 is 0 Å². The molecule has 0 fully saturated rings. The summed E-state index contributed by atoms with van der Waals surface area (Å²) in [5, 5.41) is 19.5. The summed E-state index contributed by atoms with van der Waals surface area (Å²) in [6, 6.07) is 20.7. The average molecular weight is 550 g/mol. The van der Waals surface area contributed by atoms with E-state index >= 15 is 0 Å². The van der Waals surface area contributed by atoms with Crippen molar-refractivity contribution in [2.24, 2.45) is 0 Å². The van der Waals surface area contributed by atoms with Gasteiger partial charge in [-0.3, -0.25) is 14.6 Å². The number of pyridine rings is 1. The molecular weight excluding hydrogens is 510 g/mol. The number of benzene rings is 3. The maximum atomic E-state index is 13.7. The van der Waals surface area contributed by atoms with Gasteiger partial charge in [-0.05, 0) is 98.7 Å². The highest BCUT2D eigenvalue weighted by Gasteiger charge is 2.26. The maximum absolute atomic E-state index is 13.7. The largest absolute Gasteiger partial charge is 0.391 e. The van der Waals surface area contributed by atoms with Gasteiger partial charge in [0.15, 0.2) is 0 Å². The van der Waals surface area contributed by atoms with Crippen molar-refractivity contribution in [3.8, 4) is 0 Å². The van der Waals surface area contributed by atoms with E-state index in [1.807, 2.05) is 57.2 Å². The van der Waals surface area contributed by atoms with Crippen LogP contribution in [-0.4, -0.2) is 39.6 Å². The van der Waals surface area contributed by atoms with Crippen LogP contribution in [0.2, 0.25) is 0 Å². The molecule has 41 heavy (non-hydrogen) atoms. The van der Waals surface area contributed by atoms with E-state index in [9.17, 15) is 14.7 Å². The highest BCUT2D eigenvalue weighted by Crippen LogP contribution is 2.24. The van der Waals surface area contributed by atoms with E-state index in [2.05, 4.69) is 33.8 Å². The molecule has 0 saturated carbocycles. The molecule has 1 aliphatic carbocycles. The first kappa shape index (κ1) is 28.5. The highest BCUT2D eigenvalue weighted by atomic mass is 16.3. The predicted molar refractivity (Wildman–Crippen MR) is 163 cm³/mol. The van der Waals surface area contributed by atoms with E-state index in [0.29, 0.717) is 17.5 Å². The zero-order valence-corrected chi connectivity index (χ0v) is 24.1. The van der Waals surface area contributed by atoms with Gasteiger partial charge in [0.25, 0.3) is 11.8 Å². The average Bonchev–Trinajstić information content (AvgIpc) is 2.95. The maximum Gasteiger partial charge on any atom is 0.252 e. The number of hydrogen-bond acceptors (Lipinski definition) is 4. The van der Waals surface area contributed by atoms with E-state index in [4.69, 9.17) is 0 Å². The van der Waals surface area contributed by atoms with Gasteiger partial charge in [-0.15, -0.1) is 0 Å². The fourth-order valence-electron chi connectivity index (χ4n) is 5.71. The Morgan fingerprint density at radius 2 is 1.63 bits per heavy atom. The number of nitrogens with zero attached hydrogens (tertiary/aromatic N) is 1. The van der Waals surface area contributed by atoms with Crippen LogP contribution < -0.4 is 10.6 Å². The van der Waals surface area contributed by atoms with Crippen LogP contribution in [0.25, 0.3) is 10.8 Å². The molecule has 0 unspecified atom stereocenters. The summed E-state index contributed by atoms with van der Waals surface area (Å²) in [4.78, 5) is 30.9. The third kappa shape index (κ3) is 7.01. The van der Waals surface area contributed by atoms with Gasteiger partial charge in [-0.1, -0.05) is 48.5 Å². The molecule has 6 heteroatoms. The first-order valence-corrected chi connectivity index (χ1v) is 14.5. The molecule has 1 heterocycles. The van der Waals surface area contributed by atoms with Crippen molar-refractivity contribution in [1.29, 1.82) is 0 Å². The molecule has 212 valence electrons. The van der Waals surface area contributed by atoms with Crippen LogP contribution in [0, 0.1) is 0 Å². The summed E-state index contributed by atoms with van der Waals surface area (Å²) < 4.78 is 0. The van der Waals surface area contributed by atoms with E-state index in [-0.39, 0.29) is 23.8 Å². The summed E-state index contributed by atoms with van der Waals surface area (Å²) in [5.41, 5.74) is 5.25. The number of aryl methyl sites for hydroxylation is 2. The number of nitrogens with one attached hydrogen (secondary N) is 2. The van der Waals surface area contributed by atoms with Crippen LogP contribution in [0.5, 0.6) is 0 Å². The molecule has 1 aromatic heterocycles. The number of aliphatic hydroxyl groups is 1. The molecule has 3 aromatic carbocycles. The second-order valence-electron chi connectivity index (χ2n) is 12.1. The Morgan fingerprint density at radius 3 is 2.44 bits per heavy atom. The predicted octanol–water partition coefficient (Wildman–Crippen LogP) is 5.59. The summed E-state index contributed by atoms with van der Waals surface area (Å²) >= 11 is 0. The smallest absolute Gasteiger partial charge is 0.252 e. The minimum atomic E-state index is -0.921. The van der Waals surface area contributed by atoms with Crippen molar-refractivity contribution in [1.82, 2.24) is 15.6 Å². The van der Waals surface area contributed by atoms with Gasteiger partial charge in [0, 0.05) is 40.9 Å². The first-order valence-electron chi connectivity index (χ1n) is 14.5. The molecule has 0 saturated heterocycles. The monoisotopic (exact) mass is 549 g/mol. The highest BCUT2D eigenvalue weighted by molar-refractivity contribution is 6.07. The lowest BCUT2D eigenvalue weighted by Crippen LogP contribution is -2.46. The van der Waals surface area contributed by atoms with Crippen molar-refractivity contribution in [3.63, 3.8) is 0 Å². The van der Waals surface area contributed by atoms with Crippen LogP contribution in [0.3, 0.4) is 0 Å². The topological polar surface area (TPSA) is 91.3 Å². The minimum Gasteiger partial charge on any atom is -0.391 e. The number of carbonyl (C=O) groups excluding carboxylic acids is 2. The summed E-state index contributed by atoms with van der Waals surface area (Å²) in [6.45, 7) is 5.82. The molecule has 0 aliphatic heterocycles. The number of aromatic nitrogens is 1. The molecule has 4 aromatic rings. The first-order chi connectivity index (χ1) is 19.7. The lowest BCUT2D eigenvalue weighted by molar-refractivity contribution is 0.0828. The lowest BCUT2D eigenvalue weighted by atomic mass is 9.88. The van der Waals surface area contributed by atoms with Gasteiger partial charge in [-0.25, -0.2) is 0 Å². The fourth-order valence-corrected chi connectivity index (χ4v) is 5.71. The number of hydrogen-bond donors (Lipinski definition) is 3. The van der Waals surface area contributed by atoms with E-state index in [0.717, 1.165) is 34.7 Å². The van der Waals surface area contributed by atoms with E-state index < -0.39 is 12.1 Å². The Hall–Kier alpha value is -4.03. The van der Waals surface area contributed by atoms with E-state index in [1.165, 1.54) is 24.0 Å². The van der Waals surface area contributed by atoms with Crippen molar-refractivity contribution in [2.45, 2.75) is 77.0 Å². The van der Waals surface area contributed by atoms with Crippen LogP contribution in [-0.2, 0) is 25.7 Å².